The molecule has 1 aliphatic rings. The summed E-state index contributed by atoms with van der Waals surface area (Å²) in [6.07, 6.45) is 4.57. The van der Waals surface area contributed by atoms with Crippen LogP contribution in [-0.4, -0.2) is 5.78 Å². The van der Waals surface area contributed by atoms with E-state index in [1.54, 1.807) is 6.92 Å². The summed E-state index contributed by atoms with van der Waals surface area (Å²) >= 11 is 0. The van der Waals surface area contributed by atoms with Crippen molar-refractivity contribution in [1.29, 1.82) is 0 Å². The van der Waals surface area contributed by atoms with E-state index < -0.39 is 0 Å². The molecule has 1 aliphatic carbocycles. The summed E-state index contributed by atoms with van der Waals surface area (Å²) < 4.78 is 0. The lowest BCUT2D eigenvalue weighted by Crippen LogP contribution is -2.17. The van der Waals surface area contributed by atoms with Crippen molar-refractivity contribution in [3.8, 4) is 0 Å². The van der Waals surface area contributed by atoms with Crippen LogP contribution in [0, 0.1) is 11.3 Å². The van der Waals surface area contributed by atoms with Crippen LogP contribution in [0.1, 0.15) is 38.7 Å². The molecule has 1 heteroatoms. The predicted octanol–water partition coefficient (Wildman–Crippen LogP) is 3.62. The summed E-state index contributed by atoms with van der Waals surface area (Å²) in [5.41, 5.74) is 1.75. The van der Waals surface area contributed by atoms with Gasteiger partial charge in [0.1, 0.15) is 5.78 Å². The van der Waals surface area contributed by atoms with Crippen LogP contribution in [0.4, 0.5) is 0 Å². The molecule has 1 aromatic carbocycles. The Balaban J connectivity index is 2.00. The van der Waals surface area contributed by atoms with Gasteiger partial charge >= 0.3 is 0 Å². The molecule has 1 nitrogen and oxygen atoms in total. The third-order valence-electron chi connectivity index (χ3n) is 3.74. The summed E-state index contributed by atoms with van der Waals surface area (Å²) in [6, 6.07) is 10.3. The Bertz CT molecular complexity index is 362. The molecule has 1 aromatic rings. The Hall–Kier alpha value is -1.11. The highest BCUT2D eigenvalue weighted by Gasteiger charge is 2.39. The number of hydrogen-bond acceptors (Lipinski definition) is 1. The highest BCUT2D eigenvalue weighted by molar-refractivity contribution is 5.78. The van der Waals surface area contributed by atoms with E-state index >= 15 is 0 Å². The highest BCUT2D eigenvalue weighted by atomic mass is 16.1. The van der Waals surface area contributed by atoms with Crippen molar-refractivity contribution in [1.82, 2.24) is 0 Å². The second-order valence-corrected chi connectivity index (χ2v) is 5.51. The molecule has 0 radical (unpaired) electrons. The Kier molecular flexibility index (Phi) is 3.13. The van der Waals surface area contributed by atoms with Gasteiger partial charge in [-0.2, -0.15) is 0 Å². The molecule has 2 rings (SSSR count). The minimum Gasteiger partial charge on any atom is -0.300 e. The lowest BCUT2D eigenvalue weighted by molar-refractivity contribution is -0.121. The van der Waals surface area contributed by atoms with E-state index in [0.29, 0.717) is 11.2 Å². The van der Waals surface area contributed by atoms with Crippen molar-refractivity contribution in [3.05, 3.63) is 35.9 Å². The molecular formula is C15H20O. The van der Waals surface area contributed by atoms with E-state index in [-0.39, 0.29) is 5.92 Å². The molecule has 0 bridgehead atoms. The minimum absolute atomic E-state index is 0.217. The molecule has 1 fully saturated rings. The first-order chi connectivity index (χ1) is 7.59. The first-order valence-electron chi connectivity index (χ1n) is 6.13. The SMILES string of the molecule is CC(=O)C(Cc1ccccc1)CC1(C)CC1. The topological polar surface area (TPSA) is 17.1 Å². The smallest absolute Gasteiger partial charge is 0.133 e. The number of carbonyl (C=O) groups is 1. The number of ketones is 1. The standard InChI is InChI=1S/C15H20O/c1-12(16)14(11-15(2)8-9-15)10-13-6-4-3-5-7-13/h3-7,14H,8-11H2,1-2H3. The van der Waals surface area contributed by atoms with Crippen LogP contribution in [0.3, 0.4) is 0 Å². The number of Topliss-reactive ketones (excluding diaryl/α,β-unsaturated/α-hetero) is 1. The van der Waals surface area contributed by atoms with Gasteiger partial charge < -0.3 is 0 Å². The zero-order valence-corrected chi connectivity index (χ0v) is 10.2. The Morgan fingerprint density at radius 1 is 1.31 bits per heavy atom. The van der Waals surface area contributed by atoms with Crippen LogP contribution < -0.4 is 0 Å². The fraction of sp³-hybridized carbons (Fsp3) is 0.533. The monoisotopic (exact) mass is 216 g/mol. The third kappa shape index (κ3) is 2.94. The molecule has 1 saturated carbocycles. The average molecular weight is 216 g/mol. The fourth-order valence-electron chi connectivity index (χ4n) is 2.27. The van der Waals surface area contributed by atoms with E-state index in [0.717, 1.165) is 12.8 Å². The van der Waals surface area contributed by atoms with Gasteiger partial charge in [-0.3, -0.25) is 4.79 Å². The molecule has 86 valence electrons. The van der Waals surface area contributed by atoms with Crippen LogP contribution in [0.5, 0.6) is 0 Å². The molecule has 0 spiro atoms. The third-order valence-corrected chi connectivity index (χ3v) is 3.74. The molecule has 0 amide bonds. The number of carbonyl (C=O) groups excluding carboxylic acids is 1. The van der Waals surface area contributed by atoms with Crippen molar-refractivity contribution in [2.24, 2.45) is 11.3 Å². The first kappa shape index (κ1) is 11.4. The quantitative estimate of drug-likeness (QED) is 0.734. The van der Waals surface area contributed by atoms with Gasteiger partial charge in [0.2, 0.25) is 0 Å². The Labute approximate surface area is 97.9 Å². The molecule has 0 aliphatic heterocycles. The zero-order valence-electron chi connectivity index (χ0n) is 10.2. The summed E-state index contributed by atoms with van der Waals surface area (Å²) in [5, 5.41) is 0. The van der Waals surface area contributed by atoms with Gasteiger partial charge in [-0.05, 0) is 43.6 Å². The lowest BCUT2D eigenvalue weighted by atomic mass is 9.86. The van der Waals surface area contributed by atoms with Crippen LogP contribution in [0.15, 0.2) is 30.3 Å². The van der Waals surface area contributed by atoms with Crippen molar-refractivity contribution in [2.45, 2.75) is 39.5 Å². The zero-order chi connectivity index (χ0) is 11.6. The van der Waals surface area contributed by atoms with Crippen molar-refractivity contribution < 1.29 is 4.79 Å². The van der Waals surface area contributed by atoms with Gasteiger partial charge in [0.25, 0.3) is 0 Å². The summed E-state index contributed by atoms with van der Waals surface area (Å²) in [6.45, 7) is 4.04. The summed E-state index contributed by atoms with van der Waals surface area (Å²) in [7, 11) is 0. The van der Waals surface area contributed by atoms with E-state index in [1.165, 1.54) is 18.4 Å². The van der Waals surface area contributed by atoms with E-state index in [2.05, 4.69) is 19.1 Å². The van der Waals surface area contributed by atoms with Crippen LogP contribution in [0.2, 0.25) is 0 Å². The largest absolute Gasteiger partial charge is 0.300 e. The second kappa shape index (κ2) is 4.40. The Morgan fingerprint density at radius 3 is 2.44 bits per heavy atom. The Morgan fingerprint density at radius 2 is 1.94 bits per heavy atom. The van der Waals surface area contributed by atoms with E-state index in [4.69, 9.17) is 0 Å². The van der Waals surface area contributed by atoms with Gasteiger partial charge in [0, 0.05) is 5.92 Å². The maximum atomic E-state index is 11.7. The van der Waals surface area contributed by atoms with Crippen LogP contribution in [0.25, 0.3) is 0 Å². The highest BCUT2D eigenvalue weighted by Crippen LogP contribution is 2.50. The lowest BCUT2D eigenvalue weighted by Gasteiger charge is -2.17. The number of benzene rings is 1. The van der Waals surface area contributed by atoms with Crippen molar-refractivity contribution >= 4 is 5.78 Å². The number of rotatable bonds is 5. The molecule has 0 N–H and O–H groups in total. The molecular weight excluding hydrogens is 196 g/mol. The molecule has 1 unspecified atom stereocenters. The molecule has 0 saturated heterocycles. The fourth-order valence-corrected chi connectivity index (χ4v) is 2.27. The maximum Gasteiger partial charge on any atom is 0.133 e. The molecule has 1 atom stereocenters. The van der Waals surface area contributed by atoms with Gasteiger partial charge in [-0.15, -0.1) is 0 Å². The van der Waals surface area contributed by atoms with Crippen LogP contribution in [-0.2, 0) is 11.2 Å². The molecule has 0 heterocycles. The second-order valence-electron chi connectivity index (χ2n) is 5.51. The molecule has 16 heavy (non-hydrogen) atoms. The normalized spacial score (nSPS) is 19.1. The molecule has 0 aromatic heterocycles. The van der Waals surface area contributed by atoms with Gasteiger partial charge in [0.05, 0.1) is 0 Å². The minimum atomic E-state index is 0.217. The summed E-state index contributed by atoms with van der Waals surface area (Å²) in [5.74, 6) is 0.562. The van der Waals surface area contributed by atoms with E-state index in [9.17, 15) is 4.79 Å². The van der Waals surface area contributed by atoms with E-state index in [1.807, 2.05) is 18.2 Å². The van der Waals surface area contributed by atoms with Crippen LogP contribution >= 0.6 is 0 Å². The predicted molar refractivity (Wildman–Crippen MR) is 66.3 cm³/mol. The first-order valence-corrected chi connectivity index (χ1v) is 6.13. The maximum absolute atomic E-state index is 11.7. The average Bonchev–Trinajstić information content (AvgIpc) is 2.97. The van der Waals surface area contributed by atoms with Gasteiger partial charge in [-0.1, -0.05) is 37.3 Å². The summed E-state index contributed by atoms with van der Waals surface area (Å²) in [4.78, 5) is 11.7. The van der Waals surface area contributed by atoms with Crippen molar-refractivity contribution in [3.63, 3.8) is 0 Å². The van der Waals surface area contributed by atoms with Crippen molar-refractivity contribution in [2.75, 3.05) is 0 Å². The van der Waals surface area contributed by atoms with Gasteiger partial charge in [-0.25, -0.2) is 0 Å². The number of hydrogen-bond donors (Lipinski definition) is 0. The van der Waals surface area contributed by atoms with Gasteiger partial charge in [0.15, 0.2) is 0 Å².